The molecule has 3 heterocycles. The van der Waals surface area contributed by atoms with Gasteiger partial charge in [0.05, 0.1) is 13.3 Å². The first-order valence-electron chi connectivity index (χ1n) is 10.0. The Balaban J connectivity index is 0.000000540. The van der Waals surface area contributed by atoms with Crippen LogP contribution in [0.2, 0.25) is 0 Å². The Morgan fingerprint density at radius 1 is 0.586 bits per heavy atom. The van der Waals surface area contributed by atoms with Crippen LogP contribution >= 0.6 is 0 Å². The molecule has 29 heavy (non-hydrogen) atoms. The molecular formula is C16H32N12Ni-2. The molecule has 0 aromatic heterocycles. The van der Waals surface area contributed by atoms with E-state index >= 15 is 0 Å². The fourth-order valence-corrected chi connectivity index (χ4v) is 4.43. The van der Waals surface area contributed by atoms with Gasteiger partial charge in [0.25, 0.3) is 0 Å². The second-order valence-electron chi connectivity index (χ2n) is 7.71. The molecule has 3 saturated heterocycles. The van der Waals surface area contributed by atoms with Gasteiger partial charge in [0.15, 0.2) is 0 Å². The van der Waals surface area contributed by atoms with E-state index in [1.54, 1.807) is 0 Å². The van der Waals surface area contributed by atoms with Gasteiger partial charge in [-0.05, 0) is 12.8 Å². The number of fused-ring (bicyclic) bond motifs is 5. The standard InChI is InChI=1S/C16H32N6.2N3.Ni/c1-2-4-16-15(3-1)17-11-21-9-7-19(13-21)5-6-20-8-10-22(14-20)12-18-16;2*1-3-2;/h15-18H,1-14H2;;;/q;2*-1;. The Morgan fingerprint density at radius 3 is 1.24 bits per heavy atom. The van der Waals surface area contributed by atoms with Gasteiger partial charge in [0.1, 0.15) is 0 Å². The van der Waals surface area contributed by atoms with Gasteiger partial charge >= 0.3 is 0 Å². The topological polar surface area (TPSA) is 154 Å². The third-order valence-corrected chi connectivity index (χ3v) is 5.92. The number of rotatable bonds is 0. The quantitative estimate of drug-likeness (QED) is 0.245. The van der Waals surface area contributed by atoms with E-state index in [-0.39, 0.29) is 16.5 Å². The normalized spacial score (nSPS) is 36.1. The summed E-state index contributed by atoms with van der Waals surface area (Å²) < 4.78 is 0. The smallest absolute Gasteiger partial charge is 0.0519 e. The third kappa shape index (κ3) is 9.05. The van der Waals surface area contributed by atoms with Gasteiger partial charge in [-0.25, -0.2) is 0 Å². The maximum absolute atomic E-state index is 6.75. The minimum atomic E-state index is 0. The van der Waals surface area contributed by atoms with E-state index in [0.717, 1.165) is 26.7 Å². The van der Waals surface area contributed by atoms with Crippen molar-refractivity contribution >= 4 is 0 Å². The largest absolute Gasteiger partial charge is 0.373 e. The second kappa shape index (κ2) is 14.8. The molecule has 0 aromatic rings. The summed E-state index contributed by atoms with van der Waals surface area (Å²) in [5, 5.41) is 7.71. The average Bonchev–Trinajstić information content (AvgIpc) is 3.33. The van der Waals surface area contributed by atoms with Crippen LogP contribution in [0.25, 0.3) is 31.9 Å². The van der Waals surface area contributed by atoms with Gasteiger partial charge in [-0.3, -0.25) is 40.1 Å². The summed E-state index contributed by atoms with van der Waals surface area (Å²) in [5.41, 5.74) is 27.0. The number of nitrogens with zero attached hydrogens (tertiary/aromatic N) is 10. The molecule has 0 radical (unpaired) electrons. The molecule has 13 heteroatoms. The summed E-state index contributed by atoms with van der Waals surface area (Å²) in [7, 11) is 0. The van der Waals surface area contributed by atoms with Crippen molar-refractivity contribution in [1.29, 1.82) is 0 Å². The van der Waals surface area contributed by atoms with Crippen LogP contribution in [-0.2, 0) is 16.5 Å². The Morgan fingerprint density at radius 2 is 0.897 bits per heavy atom. The summed E-state index contributed by atoms with van der Waals surface area (Å²) in [4.78, 5) is 13.4. The van der Waals surface area contributed by atoms with Crippen LogP contribution in [0.1, 0.15) is 25.7 Å². The van der Waals surface area contributed by atoms with Crippen LogP contribution in [0.15, 0.2) is 0 Å². The molecule has 4 fully saturated rings. The second-order valence-corrected chi connectivity index (χ2v) is 7.71. The molecule has 2 N–H and O–H groups in total. The van der Waals surface area contributed by atoms with Gasteiger partial charge in [-0.1, -0.05) is 12.8 Å². The number of nitrogens with one attached hydrogen (secondary N) is 2. The molecule has 3 aliphatic heterocycles. The van der Waals surface area contributed by atoms with Crippen molar-refractivity contribution in [2.75, 3.05) is 65.9 Å². The van der Waals surface area contributed by atoms with Crippen LogP contribution in [0.3, 0.4) is 0 Å². The predicted octanol–water partition coefficient (Wildman–Crippen LogP) is 1.29. The van der Waals surface area contributed by atoms with Gasteiger partial charge in [-0.15, -0.1) is 0 Å². The molecule has 168 valence electrons. The first kappa shape index (κ1) is 25.9. The van der Waals surface area contributed by atoms with Crippen molar-refractivity contribution in [2.24, 2.45) is 0 Å². The van der Waals surface area contributed by atoms with Crippen LogP contribution in [0, 0.1) is 0 Å². The Labute approximate surface area is 182 Å². The summed E-state index contributed by atoms with van der Waals surface area (Å²) >= 11 is 0. The molecule has 4 aliphatic rings. The van der Waals surface area contributed by atoms with Gasteiger partial charge in [0.2, 0.25) is 0 Å². The summed E-state index contributed by atoms with van der Waals surface area (Å²) in [6, 6.07) is 1.31. The zero-order valence-electron chi connectivity index (χ0n) is 16.8. The van der Waals surface area contributed by atoms with Crippen molar-refractivity contribution in [2.45, 2.75) is 37.8 Å². The fourth-order valence-electron chi connectivity index (χ4n) is 4.43. The fraction of sp³-hybridized carbons (Fsp3) is 1.00. The molecule has 1 saturated carbocycles. The predicted molar refractivity (Wildman–Crippen MR) is 108 cm³/mol. The van der Waals surface area contributed by atoms with Gasteiger partial charge in [0, 0.05) is 81.2 Å². The summed E-state index contributed by atoms with van der Waals surface area (Å²) in [6.45, 7) is 11.8. The Kier molecular flexibility index (Phi) is 13.2. The van der Waals surface area contributed by atoms with Crippen molar-refractivity contribution in [3.8, 4) is 0 Å². The van der Waals surface area contributed by atoms with Crippen molar-refractivity contribution < 1.29 is 16.5 Å². The Hall–Kier alpha value is -1.13. The molecule has 0 spiro atoms. The number of hydrogen-bond acceptors (Lipinski definition) is 6. The van der Waals surface area contributed by atoms with E-state index in [9.17, 15) is 0 Å². The van der Waals surface area contributed by atoms with E-state index in [4.69, 9.17) is 22.1 Å². The van der Waals surface area contributed by atoms with Gasteiger partial charge in [-0.2, -0.15) is 0 Å². The molecule has 0 amide bonds. The summed E-state index contributed by atoms with van der Waals surface area (Å²) in [6.07, 6.45) is 5.45. The van der Waals surface area contributed by atoms with E-state index in [2.05, 4.69) is 30.2 Å². The summed E-state index contributed by atoms with van der Waals surface area (Å²) in [5.74, 6) is 0. The monoisotopic (exact) mass is 450 g/mol. The van der Waals surface area contributed by atoms with Crippen molar-refractivity contribution in [1.82, 2.24) is 30.2 Å². The molecule has 6 atom stereocenters. The zero-order valence-corrected chi connectivity index (χ0v) is 17.8. The van der Waals surface area contributed by atoms with Crippen LogP contribution in [0.5, 0.6) is 0 Å². The van der Waals surface area contributed by atoms with Gasteiger partial charge < -0.3 is 22.1 Å². The third-order valence-electron chi connectivity index (χ3n) is 5.92. The average molecular weight is 451 g/mol. The minimum Gasteiger partial charge on any atom is -0.373 e. The van der Waals surface area contributed by atoms with E-state index in [1.165, 1.54) is 74.8 Å². The molecule has 6 unspecified atom stereocenters. The SMILES string of the molecule is C1CCC2NCN3CCN(CCN4CCN(CNC2C1)C4)C3.[N-]=[N+]=[N-].[N-]=[N+]=[N-].[Ni]. The van der Waals surface area contributed by atoms with E-state index in [1.807, 2.05) is 0 Å². The Bertz CT molecular complexity index is 476. The molecule has 4 rings (SSSR count). The van der Waals surface area contributed by atoms with Crippen LogP contribution < -0.4 is 10.6 Å². The van der Waals surface area contributed by atoms with Crippen molar-refractivity contribution in [3.05, 3.63) is 31.9 Å². The van der Waals surface area contributed by atoms with Crippen molar-refractivity contribution in [3.63, 3.8) is 0 Å². The van der Waals surface area contributed by atoms with Crippen LogP contribution in [-0.4, -0.2) is 97.6 Å². The van der Waals surface area contributed by atoms with E-state index < -0.39 is 0 Å². The first-order valence-corrected chi connectivity index (χ1v) is 10.0. The minimum absolute atomic E-state index is 0. The molecular weight excluding hydrogens is 419 g/mol. The molecule has 0 aromatic carbocycles. The molecule has 12 nitrogen and oxygen atoms in total. The zero-order chi connectivity index (χ0) is 20.2. The van der Waals surface area contributed by atoms with Crippen LogP contribution in [0.4, 0.5) is 0 Å². The first-order chi connectivity index (χ1) is 13.7. The molecule has 4 bridgehead atoms. The van der Waals surface area contributed by atoms with E-state index in [0.29, 0.717) is 12.1 Å². The number of hydrogen-bond donors (Lipinski definition) is 2. The maximum Gasteiger partial charge on any atom is 0.0519 e. The molecule has 1 aliphatic carbocycles. The maximum atomic E-state index is 6.75.